The second-order valence-electron chi connectivity index (χ2n) is 8.66. The molecule has 7 heteroatoms. The maximum atomic E-state index is 10.8. The van der Waals surface area contributed by atoms with E-state index >= 15 is 0 Å². The van der Waals surface area contributed by atoms with Gasteiger partial charge in [0.25, 0.3) is 11.9 Å². The first kappa shape index (κ1) is 28.9. The summed E-state index contributed by atoms with van der Waals surface area (Å²) in [7, 11) is 0. The third-order valence-electron chi connectivity index (χ3n) is 6.16. The average Bonchev–Trinajstić information content (AvgIpc) is 2.87. The van der Waals surface area contributed by atoms with Gasteiger partial charge in [-0.05, 0) is 77.3 Å². The fourth-order valence-corrected chi connectivity index (χ4v) is 3.95. The van der Waals surface area contributed by atoms with Gasteiger partial charge in [0.05, 0.1) is 19.5 Å². The lowest BCUT2D eigenvalue weighted by Gasteiger charge is -2.18. The van der Waals surface area contributed by atoms with E-state index in [1.165, 1.54) is 6.42 Å². The standard InChI is InChI=1S/C28H46N3O4/c1-5-25-27(17-22-33-20-13-9-11-18-29-6-2)35-31-23-24(15-16-26(31)28(25)32)34-21-14-10-12-19-30(7-3)8-4/h5,15-17,22-23,28-29,32H,1,6-14,18-21H2,2-4H3/q+1/b22-17+. The summed E-state index contributed by atoms with van der Waals surface area (Å²) in [5.74, 6) is 1.22. The predicted molar refractivity (Wildman–Crippen MR) is 140 cm³/mol. The highest BCUT2D eigenvalue weighted by Gasteiger charge is 2.33. The molecule has 0 spiro atoms. The molecule has 0 bridgehead atoms. The topological polar surface area (TPSA) is 67.1 Å². The van der Waals surface area contributed by atoms with Crippen molar-refractivity contribution < 1.29 is 24.1 Å². The molecule has 1 aliphatic heterocycles. The van der Waals surface area contributed by atoms with Crippen LogP contribution in [0.1, 0.15) is 71.1 Å². The molecule has 0 aromatic carbocycles. The summed E-state index contributed by atoms with van der Waals surface area (Å²) in [6.45, 7) is 17.1. The van der Waals surface area contributed by atoms with Gasteiger partial charge in [0.2, 0.25) is 5.76 Å². The molecule has 0 amide bonds. The SMILES string of the molecule is C=CC1=C(/C=C/OCCCCCNCC)O[n+]2cc(OCCCCCN(CC)CC)ccc2C1O. The summed E-state index contributed by atoms with van der Waals surface area (Å²) in [6.07, 6.45) is 12.5. The molecule has 196 valence electrons. The quantitative estimate of drug-likeness (QED) is 0.174. The van der Waals surface area contributed by atoms with Crippen LogP contribution in [0.15, 0.2) is 54.7 Å². The minimum atomic E-state index is -0.832. The number of aliphatic hydroxyl groups is 1. The molecule has 2 N–H and O–H groups in total. The lowest BCUT2D eigenvalue weighted by molar-refractivity contribution is -0.889. The number of pyridine rings is 1. The zero-order valence-electron chi connectivity index (χ0n) is 22.0. The molecular weight excluding hydrogens is 442 g/mol. The number of rotatable bonds is 19. The fraction of sp³-hybridized carbons (Fsp3) is 0.607. The van der Waals surface area contributed by atoms with E-state index in [1.54, 1.807) is 29.3 Å². The van der Waals surface area contributed by atoms with Crippen molar-refractivity contribution in [3.05, 3.63) is 60.3 Å². The Balaban J connectivity index is 1.82. The number of nitrogens with one attached hydrogen (secondary N) is 1. The van der Waals surface area contributed by atoms with Crippen molar-refractivity contribution in [1.82, 2.24) is 10.2 Å². The molecule has 35 heavy (non-hydrogen) atoms. The molecule has 7 nitrogen and oxygen atoms in total. The number of allylic oxidation sites excluding steroid dienone is 1. The van der Waals surface area contributed by atoms with Crippen LogP contribution in [-0.4, -0.2) is 55.9 Å². The summed E-state index contributed by atoms with van der Waals surface area (Å²) in [6, 6.07) is 3.70. The maximum absolute atomic E-state index is 10.8. The van der Waals surface area contributed by atoms with Gasteiger partial charge in [-0.2, -0.15) is 0 Å². The van der Waals surface area contributed by atoms with Crippen molar-refractivity contribution in [2.75, 3.05) is 45.9 Å². The third kappa shape index (κ3) is 10.0. The van der Waals surface area contributed by atoms with Crippen molar-refractivity contribution in [2.24, 2.45) is 0 Å². The Labute approximate surface area is 212 Å². The lowest BCUT2D eigenvalue weighted by Crippen LogP contribution is -2.49. The minimum absolute atomic E-state index is 0.505. The van der Waals surface area contributed by atoms with Gasteiger partial charge in [-0.15, -0.1) is 0 Å². The molecule has 1 aliphatic rings. The first-order chi connectivity index (χ1) is 17.1. The first-order valence-electron chi connectivity index (χ1n) is 13.3. The predicted octanol–water partition coefficient (Wildman–Crippen LogP) is 4.09. The number of aromatic nitrogens is 1. The first-order valence-corrected chi connectivity index (χ1v) is 13.3. The van der Waals surface area contributed by atoms with Crippen molar-refractivity contribution in [1.29, 1.82) is 0 Å². The Morgan fingerprint density at radius 1 is 1.09 bits per heavy atom. The van der Waals surface area contributed by atoms with Crippen LogP contribution < -0.4 is 19.6 Å². The van der Waals surface area contributed by atoms with Crippen LogP contribution in [-0.2, 0) is 4.74 Å². The third-order valence-corrected chi connectivity index (χ3v) is 6.16. The number of fused-ring (bicyclic) bond motifs is 1. The summed E-state index contributed by atoms with van der Waals surface area (Å²) in [4.78, 5) is 8.46. The molecular formula is C28H46N3O4+. The van der Waals surface area contributed by atoms with Gasteiger partial charge >= 0.3 is 0 Å². The van der Waals surface area contributed by atoms with Gasteiger partial charge in [0, 0.05) is 22.4 Å². The van der Waals surface area contributed by atoms with Gasteiger partial charge in [-0.25, -0.2) is 4.84 Å². The maximum Gasteiger partial charge on any atom is 0.268 e. The van der Waals surface area contributed by atoms with Crippen LogP contribution in [0.2, 0.25) is 0 Å². The largest absolute Gasteiger partial charge is 0.501 e. The Morgan fingerprint density at radius 3 is 2.60 bits per heavy atom. The molecule has 0 saturated carbocycles. The summed E-state index contributed by atoms with van der Waals surface area (Å²) >= 11 is 0. The summed E-state index contributed by atoms with van der Waals surface area (Å²) in [5.41, 5.74) is 1.24. The fourth-order valence-electron chi connectivity index (χ4n) is 3.95. The number of unbranched alkanes of at least 4 members (excludes halogenated alkanes) is 4. The monoisotopic (exact) mass is 488 g/mol. The van der Waals surface area contributed by atoms with Crippen LogP contribution >= 0.6 is 0 Å². The van der Waals surface area contributed by atoms with Gasteiger partial charge in [-0.1, -0.05) is 33.4 Å². The van der Waals surface area contributed by atoms with Gasteiger partial charge in [0.15, 0.2) is 11.9 Å². The van der Waals surface area contributed by atoms with E-state index in [2.05, 4.69) is 37.6 Å². The zero-order chi connectivity index (χ0) is 25.3. The number of aliphatic hydroxyl groups excluding tert-OH is 1. The Hall–Kier alpha value is -2.35. The normalized spacial score (nSPS) is 15.4. The van der Waals surface area contributed by atoms with Gasteiger partial charge in [-0.3, -0.25) is 0 Å². The van der Waals surface area contributed by atoms with Gasteiger partial charge in [0.1, 0.15) is 0 Å². The van der Waals surface area contributed by atoms with Crippen LogP contribution in [0.25, 0.3) is 0 Å². The van der Waals surface area contributed by atoms with E-state index in [0.29, 0.717) is 36.0 Å². The van der Waals surface area contributed by atoms with Crippen LogP contribution in [0.3, 0.4) is 0 Å². The molecule has 1 atom stereocenters. The Kier molecular flexibility index (Phi) is 14.1. The molecule has 2 rings (SSSR count). The van der Waals surface area contributed by atoms with Crippen LogP contribution in [0.5, 0.6) is 5.75 Å². The summed E-state index contributed by atoms with van der Waals surface area (Å²) in [5, 5.41) is 14.2. The Bertz CT molecular complexity index is 805. The molecule has 1 aromatic rings. The number of hydrogen-bond donors (Lipinski definition) is 2. The highest BCUT2D eigenvalue weighted by molar-refractivity contribution is 5.35. The highest BCUT2D eigenvalue weighted by Crippen LogP contribution is 2.27. The number of hydrogen-bond acceptors (Lipinski definition) is 6. The van der Waals surface area contributed by atoms with Crippen molar-refractivity contribution in [3.63, 3.8) is 0 Å². The number of ether oxygens (including phenoxy) is 2. The molecule has 1 unspecified atom stereocenters. The van der Waals surface area contributed by atoms with Gasteiger partial charge < -0.3 is 24.8 Å². The lowest BCUT2D eigenvalue weighted by atomic mass is 10.0. The molecule has 0 saturated heterocycles. The molecule has 0 aliphatic carbocycles. The van der Waals surface area contributed by atoms with E-state index in [4.69, 9.17) is 14.3 Å². The summed E-state index contributed by atoms with van der Waals surface area (Å²) < 4.78 is 13.1. The van der Waals surface area contributed by atoms with E-state index in [-0.39, 0.29) is 0 Å². The second kappa shape index (κ2) is 17.1. The molecule has 1 aromatic heterocycles. The second-order valence-corrected chi connectivity index (χ2v) is 8.66. The van der Waals surface area contributed by atoms with Crippen LogP contribution in [0, 0.1) is 0 Å². The van der Waals surface area contributed by atoms with Crippen molar-refractivity contribution >= 4 is 0 Å². The van der Waals surface area contributed by atoms with Crippen molar-refractivity contribution in [3.8, 4) is 5.75 Å². The zero-order valence-corrected chi connectivity index (χ0v) is 22.0. The smallest absolute Gasteiger partial charge is 0.268 e. The van der Waals surface area contributed by atoms with E-state index in [9.17, 15) is 5.11 Å². The number of nitrogens with zero attached hydrogens (tertiary/aromatic N) is 2. The molecule has 2 heterocycles. The van der Waals surface area contributed by atoms with E-state index < -0.39 is 6.10 Å². The average molecular weight is 489 g/mol. The Morgan fingerprint density at radius 2 is 1.86 bits per heavy atom. The minimum Gasteiger partial charge on any atom is -0.501 e. The highest BCUT2D eigenvalue weighted by atomic mass is 16.7. The molecule has 0 fully saturated rings. The van der Waals surface area contributed by atoms with Crippen LogP contribution in [0.4, 0.5) is 0 Å². The van der Waals surface area contributed by atoms with Crippen molar-refractivity contribution in [2.45, 2.75) is 65.4 Å². The molecule has 0 radical (unpaired) electrons. The van der Waals surface area contributed by atoms with E-state index in [0.717, 1.165) is 64.8 Å². The van der Waals surface area contributed by atoms with E-state index in [1.807, 2.05) is 12.1 Å².